The van der Waals surface area contributed by atoms with Gasteiger partial charge in [0.2, 0.25) is 0 Å². The molecule has 1 aliphatic rings. The minimum atomic E-state index is -0.898. The van der Waals surface area contributed by atoms with Gasteiger partial charge in [-0.3, -0.25) is 0 Å². The molecule has 5 nitrogen and oxygen atoms in total. The minimum Gasteiger partial charge on any atom is -0.423 e. The smallest absolute Gasteiger partial charge is 0.423 e. The van der Waals surface area contributed by atoms with Gasteiger partial charge in [-0.25, -0.2) is 0 Å². The van der Waals surface area contributed by atoms with E-state index in [1.165, 1.54) is 0 Å². The molecular weight excluding hydrogens is 181 g/mol. The van der Waals surface area contributed by atoms with Crippen molar-refractivity contribution in [1.29, 1.82) is 0 Å². The third-order valence-electron chi connectivity index (χ3n) is 2.21. The molecule has 1 aromatic carbocycles. The lowest BCUT2D eigenvalue weighted by molar-refractivity contribution is 0.198. The summed E-state index contributed by atoms with van der Waals surface area (Å²) < 4.78 is 5.22. The Morgan fingerprint density at radius 1 is 1.57 bits per heavy atom. The maximum absolute atomic E-state index is 9.49. The number of hydrogen-bond donors (Lipinski definition) is 1. The van der Waals surface area contributed by atoms with E-state index in [9.17, 15) is 5.02 Å². The molecule has 2 rings (SSSR count). The van der Waals surface area contributed by atoms with E-state index in [0.717, 1.165) is 11.0 Å². The fraction of sp³-hybridized carbons (Fsp3) is 0.250. The van der Waals surface area contributed by atoms with Crippen molar-refractivity contribution in [2.45, 2.75) is 6.10 Å². The number of hydrogen-bond acceptors (Lipinski definition) is 3. The minimum absolute atomic E-state index is 0.213. The number of rotatable bonds is 2. The average Bonchev–Trinajstić information content (AvgIpc) is 2.54. The summed E-state index contributed by atoms with van der Waals surface area (Å²) in [4.78, 5) is 2.66. The maximum atomic E-state index is 9.49. The van der Waals surface area contributed by atoms with Gasteiger partial charge in [0.15, 0.2) is 0 Å². The van der Waals surface area contributed by atoms with Crippen molar-refractivity contribution in [2.75, 3.05) is 6.54 Å². The van der Waals surface area contributed by atoms with E-state index in [0.29, 0.717) is 0 Å². The van der Waals surface area contributed by atoms with E-state index >= 15 is 0 Å². The molecule has 1 aromatic rings. The Kier molecular flexibility index (Phi) is 2.41. The van der Waals surface area contributed by atoms with Gasteiger partial charge >= 0.3 is 7.12 Å². The Bertz CT molecular complexity index is 392. The van der Waals surface area contributed by atoms with E-state index in [2.05, 4.69) is 10.0 Å². The van der Waals surface area contributed by atoms with Crippen molar-refractivity contribution < 1.29 is 9.68 Å². The van der Waals surface area contributed by atoms with Crippen molar-refractivity contribution >= 4 is 12.6 Å². The zero-order chi connectivity index (χ0) is 9.97. The summed E-state index contributed by atoms with van der Waals surface area (Å²) in [5.41, 5.74) is 9.83. The Morgan fingerprint density at radius 3 is 3.14 bits per heavy atom. The molecule has 1 aliphatic heterocycles. The topological polar surface area (TPSA) is 78.2 Å². The Morgan fingerprint density at radius 2 is 2.36 bits per heavy atom. The summed E-state index contributed by atoms with van der Waals surface area (Å²) in [5, 5.41) is 12.9. The van der Waals surface area contributed by atoms with Crippen LogP contribution in [0.25, 0.3) is 10.4 Å². The van der Waals surface area contributed by atoms with Crippen LogP contribution in [0.2, 0.25) is 0 Å². The first kappa shape index (κ1) is 9.08. The fourth-order valence-corrected chi connectivity index (χ4v) is 1.58. The summed E-state index contributed by atoms with van der Waals surface area (Å²) >= 11 is 0. The van der Waals surface area contributed by atoms with Gasteiger partial charge in [-0.2, -0.15) is 0 Å². The summed E-state index contributed by atoms with van der Waals surface area (Å²) in [7, 11) is -0.898. The number of nitrogens with zero attached hydrogens (tertiary/aromatic N) is 3. The van der Waals surface area contributed by atoms with E-state index in [1.54, 1.807) is 6.07 Å². The normalized spacial score (nSPS) is 18.9. The van der Waals surface area contributed by atoms with Crippen LogP contribution in [0.15, 0.2) is 29.4 Å². The number of azide groups is 1. The Hall–Kier alpha value is -1.49. The second-order valence-corrected chi connectivity index (χ2v) is 3.02. The molecule has 0 saturated carbocycles. The molecule has 1 atom stereocenters. The molecule has 0 bridgehead atoms. The average molecular weight is 189 g/mol. The highest BCUT2D eigenvalue weighted by molar-refractivity contribution is 6.61. The van der Waals surface area contributed by atoms with Crippen LogP contribution in [0.3, 0.4) is 0 Å². The zero-order valence-electron chi connectivity index (χ0n) is 7.37. The summed E-state index contributed by atoms with van der Waals surface area (Å²) in [5.74, 6) is 0. The second-order valence-electron chi connectivity index (χ2n) is 3.02. The first-order valence-electron chi connectivity index (χ1n) is 4.26. The quantitative estimate of drug-likeness (QED) is 0.322. The lowest BCUT2D eigenvalue weighted by Crippen LogP contribution is -2.27. The van der Waals surface area contributed by atoms with Crippen LogP contribution in [0.4, 0.5) is 0 Å². The van der Waals surface area contributed by atoms with Crippen LogP contribution in [0.5, 0.6) is 0 Å². The molecule has 1 unspecified atom stereocenters. The first-order valence-corrected chi connectivity index (χ1v) is 4.26. The lowest BCUT2D eigenvalue weighted by Gasteiger charge is -2.07. The van der Waals surface area contributed by atoms with Crippen LogP contribution >= 0.6 is 0 Å². The van der Waals surface area contributed by atoms with Crippen molar-refractivity contribution in [3.63, 3.8) is 0 Å². The van der Waals surface area contributed by atoms with Gasteiger partial charge in [-0.1, -0.05) is 29.4 Å². The van der Waals surface area contributed by atoms with Gasteiger partial charge in [-0.15, -0.1) is 0 Å². The van der Waals surface area contributed by atoms with Gasteiger partial charge in [-0.05, 0) is 16.6 Å². The van der Waals surface area contributed by atoms with E-state index in [4.69, 9.17) is 10.2 Å². The fourth-order valence-electron chi connectivity index (χ4n) is 1.58. The van der Waals surface area contributed by atoms with Crippen LogP contribution in [0.1, 0.15) is 11.7 Å². The summed E-state index contributed by atoms with van der Waals surface area (Å²) in [6.45, 7) is 0.213. The molecule has 1 N–H and O–H groups in total. The van der Waals surface area contributed by atoms with Crippen molar-refractivity contribution in [1.82, 2.24) is 0 Å². The predicted molar refractivity (Wildman–Crippen MR) is 51.9 cm³/mol. The number of fused-ring (bicyclic) bond motifs is 1. The Labute approximate surface area is 81.1 Å². The molecular formula is C8H8BN3O2. The van der Waals surface area contributed by atoms with Gasteiger partial charge < -0.3 is 9.68 Å². The molecule has 70 valence electrons. The molecule has 0 fully saturated rings. The molecule has 0 saturated heterocycles. The molecule has 1 heterocycles. The highest BCUT2D eigenvalue weighted by Gasteiger charge is 2.33. The van der Waals surface area contributed by atoms with Gasteiger partial charge in [0.05, 0.1) is 12.6 Å². The van der Waals surface area contributed by atoms with E-state index < -0.39 is 7.12 Å². The summed E-state index contributed by atoms with van der Waals surface area (Å²) in [6.07, 6.45) is -0.322. The molecule has 0 aliphatic carbocycles. The van der Waals surface area contributed by atoms with Gasteiger partial charge in [0.25, 0.3) is 0 Å². The van der Waals surface area contributed by atoms with E-state index in [1.807, 2.05) is 18.2 Å². The maximum Gasteiger partial charge on any atom is 0.491 e. The largest absolute Gasteiger partial charge is 0.491 e. The monoisotopic (exact) mass is 189 g/mol. The third-order valence-corrected chi connectivity index (χ3v) is 2.21. The molecule has 0 amide bonds. The van der Waals surface area contributed by atoms with Crippen LogP contribution in [0, 0.1) is 0 Å². The second kappa shape index (κ2) is 3.71. The SMILES string of the molecule is [N-]=[N+]=NCC1OB(O)c2ccccc21. The highest BCUT2D eigenvalue weighted by Crippen LogP contribution is 2.23. The van der Waals surface area contributed by atoms with Crippen LogP contribution in [-0.4, -0.2) is 18.7 Å². The Balaban J connectivity index is 2.29. The van der Waals surface area contributed by atoms with Gasteiger partial charge in [0.1, 0.15) is 0 Å². The zero-order valence-corrected chi connectivity index (χ0v) is 7.37. The third kappa shape index (κ3) is 1.46. The molecule has 6 heteroatoms. The van der Waals surface area contributed by atoms with Crippen molar-refractivity contribution in [3.05, 3.63) is 40.3 Å². The van der Waals surface area contributed by atoms with Crippen molar-refractivity contribution in [3.8, 4) is 0 Å². The number of benzene rings is 1. The molecule has 0 spiro atoms. The van der Waals surface area contributed by atoms with Crippen molar-refractivity contribution in [2.24, 2.45) is 5.11 Å². The van der Waals surface area contributed by atoms with Crippen LogP contribution < -0.4 is 5.46 Å². The highest BCUT2D eigenvalue weighted by atomic mass is 16.5. The molecule has 0 aromatic heterocycles. The van der Waals surface area contributed by atoms with Crippen LogP contribution in [-0.2, 0) is 4.65 Å². The molecule has 14 heavy (non-hydrogen) atoms. The predicted octanol–water partition coefficient (Wildman–Crippen LogP) is 0.756. The standard InChI is InChI=1S/C8H8BN3O2/c10-12-11-5-8-6-3-1-2-4-7(6)9(13)14-8/h1-4,8,13H,5H2. The van der Waals surface area contributed by atoms with E-state index in [-0.39, 0.29) is 12.6 Å². The lowest BCUT2D eigenvalue weighted by atomic mass is 9.79. The first-order chi connectivity index (χ1) is 6.83. The molecule has 0 radical (unpaired) electrons. The van der Waals surface area contributed by atoms with Gasteiger partial charge in [0, 0.05) is 4.91 Å². The summed E-state index contributed by atoms with van der Waals surface area (Å²) in [6, 6.07) is 7.36.